The van der Waals surface area contributed by atoms with Crippen molar-refractivity contribution in [3.8, 4) is 0 Å². The minimum Gasteiger partial charge on any atom is -0.380 e. The van der Waals surface area contributed by atoms with Gasteiger partial charge in [0.25, 0.3) is 0 Å². The first kappa shape index (κ1) is 19.8. The van der Waals surface area contributed by atoms with E-state index < -0.39 is 5.60 Å². The van der Waals surface area contributed by atoms with Crippen LogP contribution in [0.5, 0.6) is 0 Å². The molecule has 1 aliphatic heterocycles. The van der Waals surface area contributed by atoms with E-state index in [-0.39, 0.29) is 5.92 Å². The molecule has 1 aliphatic rings. The Morgan fingerprint density at radius 3 is 2.14 bits per heavy atom. The summed E-state index contributed by atoms with van der Waals surface area (Å²) in [6, 6.07) is 28.8. The number of aryl methyl sites for hydroxylation is 1. The van der Waals surface area contributed by atoms with E-state index in [9.17, 15) is 5.11 Å². The summed E-state index contributed by atoms with van der Waals surface area (Å²) in [5, 5.41) is 12.5. The zero-order valence-electron chi connectivity index (χ0n) is 17.0. The molecule has 0 bridgehead atoms. The lowest BCUT2D eigenvalue weighted by molar-refractivity contribution is 0.000748. The molecule has 2 atom stereocenters. The second kappa shape index (κ2) is 8.91. The van der Waals surface area contributed by atoms with E-state index in [0.717, 1.165) is 55.1 Å². The van der Waals surface area contributed by atoms with E-state index in [2.05, 4.69) is 54.3 Å². The lowest BCUT2D eigenvalue weighted by atomic mass is 9.72. The van der Waals surface area contributed by atoms with Crippen LogP contribution in [0, 0.1) is 6.92 Å². The van der Waals surface area contributed by atoms with Crippen molar-refractivity contribution in [2.45, 2.75) is 18.4 Å². The van der Waals surface area contributed by atoms with Crippen LogP contribution in [0.4, 0.5) is 0 Å². The summed E-state index contributed by atoms with van der Waals surface area (Å²) in [4.78, 5) is 2.41. The summed E-state index contributed by atoms with van der Waals surface area (Å²) in [6.07, 6.45) is 0. The fourth-order valence-electron chi connectivity index (χ4n) is 4.35. The summed E-state index contributed by atoms with van der Waals surface area (Å²) in [6.45, 7) is 6.12. The van der Waals surface area contributed by atoms with Crippen LogP contribution in [0.25, 0.3) is 0 Å². The molecule has 1 heterocycles. The van der Waals surface area contributed by atoms with Crippen LogP contribution in [-0.2, 0) is 10.3 Å². The third-order valence-corrected chi connectivity index (χ3v) is 5.92. The minimum absolute atomic E-state index is 0.106. The molecule has 1 fully saturated rings. The van der Waals surface area contributed by atoms with E-state index in [1.54, 1.807) is 0 Å². The lowest BCUT2D eigenvalue weighted by Gasteiger charge is -2.41. The Bertz CT molecular complexity index is 906. The van der Waals surface area contributed by atoms with Gasteiger partial charge in [-0.15, -0.1) is 0 Å². The van der Waals surface area contributed by atoms with E-state index in [0.29, 0.717) is 0 Å². The summed E-state index contributed by atoms with van der Waals surface area (Å²) in [5.41, 5.74) is 3.02. The van der Waals surface area contributed by atoms with Gasteiger partial charge in [-0.3, -0.25) is 4.90 Å². The standard InChI is InChI=1S/C26H29NO2/c1-21-9-8-14-24(19-21)26(28,23-12-6-3-7-13-23)25(22-10-4-2-5-11-22)20-27-15-17-29-18-16-27/h2-14,19,25,28H,15-18,20H2,1H3. The van der Waals surface area contributed by atoms with Crippen molar-refractivity contribution in [3.05, 3.63) is 107 Å². The molecule has 2 unspecified atom stereocenters. The van der Waals surface area contributed by atoms with E-state index >= 15 is 0 Å². The molecule has 1 N–H and O–H groups in total. The van der Waals surface area contributed by atoms with Crippen LogP contribution in [-0.4, -0.2) is 42.9 Å². The number of ether oxygens (including phenoxy) is 1. The maximum Gasteiger partial charge on any atom is 0.123 e. The highest BCUT2D eigenvalue weighted by atomic mass is 16.5. The first-order chi connectivity index (χ1) is 14.2. The maximum absolute atomic E-state index is 12.5. The number of hydrogen-bond donors (Lipinski definition) is 1. The van der Waals surface area contributed by atoms with Gasteiger partial charge in [-0.1, -0.05) is 90.5 Å². The molecule has 3 heteroatoms. The minimum atomic E-state index is -1.13. The van der Waals surface area contributed by atoms with Gasteiger partial charge in [0.1, 0.15) is 5.60 Å². The predicted molar refractivity (Wildman–Crippen MR) is 117 cm³/mol. The number of benzene rings is 3. The average molecular weight is 388 g/mol. The third kappa shape index (κ3) is 4.27. The topological polar surface area (TPSA) is 32.7 Å². The highest BCUT2D eigenvalue weighted by Gasteiger charge is 2.42. The molecule has 0 aromatic heterocycles. The molecule has 0 radical (unpaired) electrons. The van der Waals surface area contributed by atoms with Crippen LogP contribution >= 0.6 is 0 Å². The van der Waals surface area contributed by atoms with Gasteiger partial charge in [-0.25, -0.2) is 0 Å². The summed E-state index contributed by atoms with van der Waals surface area (Å²) in [7, 11) is 0. The van der Waals surface area contributed by atoms with Crippen LogP contribution in [0.15, 0.2) is 84.9 Å². The Balaban J connectivity index is 1.85. The molecule has 3 nitrogen and oxygen atoms in total. The molecule has 0 amide bonds. The van der Waals surface area contributed by atoms with Crippen molar-refractivity contribution >= 4 is 0 Å². The smallest absolute Gasteiger partial charge is 0.123 e. The average Bonchev–Trinajstić information content (AvgIpc) is 2.79. The SMILES string of the molecule is Cc1cccc(C(O)(c2ccccc2)C(CN2CCOCC2)c2ccccc2)c1. The second-order valence-electron chi connectivity index (χ2n) is 7.88. The van der Waals surface area contributed by atoms with Gasteiger partial charge in [-0.2, -0.15) is 0 Å². The zero-order valence-corrected chi connectivity index (χ0v) is 17.0. The highest BCUT2D eigenvalue weighted by Crippen LogP contribution is 2.43. The van der Waals surface area contributed by atoms with Crippen LogP contribution < -0.4 is 0 Å². The normalized spacial score (nSPS) is 18.1. The van der Waals surface area contributed by atoms with Gasteiger partial charge in [0.15, 0.2) is 0 Å². The van der Waals surface area contributed by atoms with Crippen molar-refractivity contribution in [3.63, 3.8) is 0 Å². The molecule has 0 spiro atoms. The number of morpholine rings is 1. The van der Waals surface area contributed by atoms with E-state index in [4.69, 9.17) is 4.74 Å². The first-order valence-corrected chi connectivity index (χ1v) is 10.4. The largest absolute Gasteiger partial charge is 0.380 e. The molecule has 0 saturated carbocycles. The van der Waals surface area contributed by atoms with Crippen LogP contribution in [0.1, 0.15) is 28.2 Å². The number of nitrogens with zero attached hydrogens (tertiary/aromatic N) is 1. The van der Waals surface area contributed by atoms with Crippen molar-refractivity contribution < 1.29 is 9.84 Å². The fraction of sp³-hybridized carbons (Fsp3) is 0.308. The molecule has 150 valence electrons. The number of hydrogen-bond acceptors (Lipinski definition) is 3. The van der Waals surface area contributed by atoms with Gasteiger partial charge in [-0.05, 0) is 23.6 Å². The van der Waals surface area contributed by atoms with Gasteiger partial charge in [0, 0.05) is 25.6 Å². The van der Waals surface area contributed by atoms with Crippen molar-refractivity contribution in [1.82, 2.24) is 4.90 Å². The summed E-state index contributed by atoms with van der Waals surface area (Å²) < 4.78 is 5.55. The Labute approximate surface area is 173 Å². The Kier molecular flexibility index (Phi) is 6.10. The van der Waals surface area contributed by atoms with E-state index in [1.807, 2.05) is 42.5 Å². The molecule has 4 rings (SSSR count). The first-order valence-electron chi connectivity index (χ1n) is 10.4. The number of rotatable bonds is 6. The molecule has 3 aromatic rings. The van der Waals surface area contributed by atoms with Crippen molar-refractivity contribution in [2.75, 3.05) is 32.8 Å². The highest BCUT2D eigenvalue weighted by molar-refractivity contribution is 5.43. The molecular weight excluding hydrogens is 358 g/mol. The zero-order chi connectivity index (χ0) is 20.1. The number of aliphatic hydroxyl groups is 1. The second-order valence-corrected chi connectivity index (χ2v) is 7.88. The molecule has 3 aromatic carbocycles. The third-order valence-electron chi connectivity index (χ3n) is 5.92. The fourth-order valence-corrected chi connectivity index (χ4v) is 4.35. The van der Waals surface area contributed by atoms with Gasteiger partial charge >= 0.3 is 0 Å². The quantitative estimate of drug-likeness (QED) is 0.683. The van der Waals surface area contributed by atoms with Gasteiger partial charge < -0.3 is 9.84 Å². The Morgan fingerprint density at radius 1 is 0.862 bits per heavy atom. The van der Waals surface area contributed by atoms with Gasteiger partial charge in [0.05, 0.1) is 13.2 Å². The van der Waals surface area contributed by atoms with Crippen molar-refractivity contribution in [1.29, 1.82) is 0 Å². The predicted octanol–water partition coefficient (Wildman–Crippen LogP) is 4.35. The molecule has 29 heavy (non-hydrogen) atoms. The van der Waals surface area contributed by atoms with Crippen LogP contribution in [0.2, 0.25) is 0 Å². The van der Waals surface area contributed by atoms with E-state index in [1.165, 1.54) is 0 Å². The monoisotopic (exact) mass is 387 g/mol. The van der Waals surface area contributed by atoms with Gasteiger partial charge in [0.2, 0.25) is 0 Å². The van der Waals surface area contributed by atoms with Crippen molar-refractivity contribution in [2.24, 2.45) is 0 Å². The Hall–Kier alpha value is -2.46. The Morgan fingerprint density at radius 2 is 1.48 bits per heavy atom. The lowest BCUT2D eigenvalue weighted by Crippen LogP contribution is -2.45. The summed E-state index contributed by atoms with van der Waals surface area (Å²) >= 11 is 0. The molecule has 0 aliphatic carbocycles. The molecule has 1 saturated heterocycles. The van der Waals surface area contributed by atoms with Crippen LogP contribution in [0.3, 0.4) is 0 Å². The maximum atomic E-state index is 12.5. The molecular formula is C26H29NO2. The summed E-state index contributed by atoms with van der Waals surface area (Å²) in [5.74, 6) is -0.106.